The Morgan fingerprint density at radius 3 is 2.48 bits per heavy atom. The van der Waals surface area contributed by atoms with Crippen molar-refractivity contribution in [2.75, 3.05) is 12.4 Å². The second-order valence-electron chi connectivity index (χ2n) is 10.1. The summed E-state index contributed by atoms with van der Waals surface area (Å²) >= 11 is 7.15. The number of aliphatic hydroxyl groups is 1. The number of hydrogen-bond acceptors (Lipinski definition) is 5. The number of thioether (sulfide) groups is 1. The molecule has 4 saturated carbocycles. The Labute approximate surface area is 201 Å². The minimum atomic E-state index is -2.42. The molecule has 1 heterocycles. The molecule has 33 heavy (non-hydrogen) atoms. The Hall–Kier alpha value is -0.710. The fraction of sp³-hybridized carbons (Fsp3) is 0.909. The number of hydrogen-bond donors (Lipinski definition) is 3. The lowest BCUT2D eigenvalue weighted by Gasteiger charge is -2.56. The van der Waals surface area contributed by atoms with Gasteiger partial charge in [-0.25, -0.2) is 13.2 Å². The average Bonchev–Trinajstić information content (AvgIpc) is 3.27. The molecule has 5 aliphatic rings. The Kier molecular flexibility index (Phi) is 7.78. The lowest BCUT2D eigenvalue weighted by atomic mass is 9.60. The predicted octanol–water partition coefficient (Wildman–Crippen LogP) is 2.94. The number of fused-ring (bicyclic) bond motifs is 3. The molecular formula is C22H32ClF3N2O4S. The van der Waals surface area contributed by atoms with Gasteiger partial charge < -0.3 is 20.5 Å². The van der Waals surface area contributed by atoms with Crippen LogP contribution in [-0.4, -0.2) is 75.8 Å². The summed E-state index contributed by atoms with van der Waals surface area (Å²) in [6.07, 6.45) is -0.786. The third-order valence-corrected chi connectivity index (χ3v) is 9.79. The number of nitrogens with one attached hydrogen (secondary N) is 2. The molecule has 6 nitrogen and oxygen atoms in total. The molecular weight excluding hydrogens is 481 g/mol. The summed E-state index contributed by atoms with van der Waals surface area (Å²) < 4.78 is 45.2. The number of carbonyl (C=O) groups is 2. The molecule has 0 aromatic rings. The third kappa shape index (κ3) is 5.59. The maximum atomic E-state index is 13.8. The van der Waals surface area contributed by atoms with Gasteiger partial charge in [0.05, 0.1) is 28.4 Å². The van der Waals surface area contributed by atoms with E-state index < -0.39 is 46.3 Å². The molecule has 0 spiro atoms. The average molecular weight is 513 g/mol. The molecule has 188 valence electrons. The van der Waals surface area contributed by atoms with Crippen LogP contribution in [0.5, 0.6) is 0 Å². The highest BCUT2D eigenvalue weighted by atomic mass is 35.5. The van der Waals surface area contributed by atoms with E-state index in [0.717, 1.165) is 0 Å². The number of halogens is 4. The van der Waals surface area contributed by atoms with Crippen LogP contribution in [0.2, 0.25) is 0 Å². The minimum Gasteiger partial charge on any atom is -0.391 e. The van der Waals surface area contributed by atoms with Crippen molar-refractivity contribution in [1.29, 1.82) is 0 Å². The SMILES string of the molecule is O=C(COC1CCC(Cl)C(F)C1)NC12CCC(NC(=O)C3CC(C(F)F)CS3)(CC1)C[C@@H]2O. The van der Waals surface area contributed by atoms with Crippen LogP contribution in [0, 0.1) is 5.92 Å². The smallest absolute Gasteiger partial charge is 0.246 e. The number of aliphatic hydroxyl groups excluding tert-OH is 1. The molecule has 1 aliphatic heterocycles. The minimum absolute atomic E-state index is 0.169. The molecule has 4 aliphatic carbocycles. The summed E-state index contributed by atoms with van der Waals surface area (Å²) in [4.78, 5) is 25.3. The zero-order valence-electron chi connectivity index (χ0n) is 18.4. The van der Waals surface area contributed by atoms with Crippen LogP contribution in [0.25, 0.3) is 0 Å². The zero-order valence-corrected chi connectivity index (χ0v) is 20.0. The van der Waals surface area contributed by atoms with Crippen molar-refractivity contribution >= 4 is 35.2 Å². The first kappa shape index (κ1) is 25.4. The van der Waals surface area contributed by atoms with Gasteiger partial charge in [-0.05, 0) is 51.4 Å². The van der Waals surface area contributed by atoms with Crippen molar-refractivity contribution in [1.82, 2.24) is 10.6 Å². The highest BCUT2D eigenvalue weighted by Gasteiger charge is 2.55. The Morgan fingerprint density at radius 2 is 1.88 bits per heavy atom. The topological polar surface area (TPSA) is 87.7 Å². The van der Waals surface area contributed by atoms with Gasteiger partial charge in [0, 0.05) is 23.6 Å². The van der Waals surface area contributed by atoms with Crippen molar-refractivity contribution in [3.05, 3.63) is 0 Å². The van der Waals surface area contributed by atoms with Gasteiger partial charge in [-0.3, -0.25) is 9.59 Å². The molecule has 5 fully saturated rings. The highest BCUT2D eigenvalue weighted by molar-refractivity contribution is 8.00. The summed E-state index contributed by atoms with van der Waals surface area (Å²) in [6, 6.07) is 0. The molecule has 3 N–H and O–H groups in total. The highest BCUT2D eigenvalue weighted by Crippen LogP contribution is 2.47. The largest absolute Gasteiger partial charge is 0.391 e. The van der Waals surface area contributed by atoms with Gasteiger partial charge >= 0.3 is 0 Å². The van der Waals surface area contributed by atoms with Crippen LogP contribution in [0.1, 0.15) is 57.8 Å². The summed E-state index contributed by atoms with van der Waals surface area (Å²) in [5.74, 6) is -1.06. The first-order chi connectivity index (χ1) is 15.6. The molecule has 5 unspecified atom stereocenters. The van der Waals surface area contributed by atoms with Crippen LogP contribution < -0.4 is 10.6 Å². The van der Waals surface area contributed by atoms with E-state index in [0.29, 0.717) is 44.9 Å². The van der Waals surface area contributed by atoms with Crippen LogP contribution in [0.3, 0.4) is 0 Å². The van der Waals surface area contributed by atoms with E-state index in [2.05, 4.69) is 10.6 Å². The van der Waals surface area contributed by atoms with E-state index in [-0.39, 0.29) is 43.1 Å². The molecule has 2 bridgehead atoms. The number of carbonyl (C=O) groups excluding carboxylic acids is 2. The monoisotopic (exact) mass is 512 g/mol. The van der Waals surface area contributed by atoms with Gasteiger partial charge in [0.1, 0.15) is 12.8 Å². The van der Waals surface area contributed by atoms with Gasteiger partial charge in [0.2, 0.25) is 18.2 Å². The van der Waals surface area contributed by atoms with Crippen molar-refractivity contribution in [2.45, 2.75) is 104 Å². The number of rotatable bonds is 7. The van der Waals surface area contributed by atoms with Crippen LogP contribution >= 0.6 is 23.4 Å². The molecule has 1 saturated heterocycles. The normalized spacial score (nSPS) is 43.0. The van der Waals surface area contributed by atoms with Crippen LogP contribution in [0.15, 0.2) is 0 Å². The summed E-state index contributed by atoms with van der Waals surface area (Å²) in [7, 11) is 0. The summed E-state index contributed by atoms with van der Waals surface area (Å²) in [6.45, 7) is -0.203. The summed E-state index contributed by atoms with van der Waals surface area (Å²) in [5, 5.41) is 15.9. The molecule has 11 heteroatoms. The fourth-order valence-corrected chi connectivity index (χ4v) is 7.30. The fourth-order valence-electron chi connectivity index (χ4n) is 5.71. The predicted molar refractivity (Wildman–Crippen MR) is 119 cm³/mol. The third-order valence-electron chi connectivity index (χ3n) is 7.87. The standard InChI is InChI=1S/C22H32ClF3N2O4S/c23-14-2-1-13(8-15(14)24)32-10-18(30)27-22-5-3-21(4-6-22,9-17(22)29)28-20(31)16-7-12(11-33-16)19(25)26/h12-17,19,29H,1-11H2,(H,27,30)(H,28,31)/t12?,13?,14?,15?,16?,17-,21?,22?/m0/s1. The van der Waals surface area contributed by atoms with Crippen molar-refractivity contribution in [3.63, 3.8) is 0 Å². The van der Waals surface area contributed by atoms with E-state index in [1.54, 1.807) is 0 Å². The summed E-state index contributed by atoms with van der Waals surface area (Å²) in [5.41, 5.74) is -1.34. The van der Waals surface area contributed by atoms with Crippen LogP contribution in [0.4, 0.5) is 13.2 Å². The van der Waals surface area contributed by atoms with E-state index in [9.17, 15) is 27.9 Å². The number of alkyl halides is 4. The Morgan fingerprint density at radius 1 is 1.15 bits per heavy atom. The van der Waals surface area contributed by atoms with Gasteiger partial charge in [0.25, 0.3) is 0 Å². The second-order valence-corrected chi connectivity index (χ2v) is 11.9. The van der Waals surface area contributed by atoms with Crippen molar-refractivity contribution < 1.29 is 32.6 Å². The van der Waals surface area contributed by atoms with Gasteiger partial charge in [0.15, 0.2) is 0 Å². The molecule has 5 rings (SSSR count). The molecule has 0 aromatic heterocycles. The van der Waals surface area contributed by atoms with Gasteiger partial charge in [-0.1, -0.05) is 0 Å². The van der Waals surface area contributed by atoms with Gasteiger partial charge in [-0.2, -0.15) is 0 Å². The molecule has 0 aromatic carbocycles. The number of amides is 2. The Balaban J connectivity index is 1.26. The lowest BCUT2D eigenvalue weighted by Crippen LogP contribution is -2.70. The van der Waals surface area contributed by atoms with Crippen molar-refractivity contribution in [3.8, 4) is 0 Å². The number of ether oxygens (including phenoxy) is 1. The molecule has 0 radical (unpaired) electrons. The van der Waals surface area contributed by atoms with E-state index in [1.807, 2.05) is 0 Å². The maximum absolute atomic E-state index is 13.8. The Bertz CT molecular complexity index is 740. The molecule has 2 amide bonds. The quantitative estimate of drug-likeness (QED) is 0.457. The first-order valence-electron chi connectivity index (χ1n) is 11.7. The maximum Gasteiger partial charge on any atom is 0.246 e. The van der Waals surface area contributed by atoms with E-state index >= 15 is 0 Å². The van der Waals surface area contributed by atoms with E-state index in [4.69, 9.17) is 16.3 Å². The second kappa shape index (κ2) is 10.1. The lowest BCUT2D eigenvalue weighted by molar-refractivity contribution is -0.140. The first-order valence-corrected chi connectivity index (χ1v) is 13.2. The van der Waals surface area contributed by atoms with Gasteiger partial charge in [-0.15, -0.1) is 23.4 Å². The van der Waals surface area contributed by atoms with Crippen molar-refractivity contribution in [2.24, 2.45) is 5.92 Å². The zero-order chi connectivity index (χ0) is 23.8. The van der Waals surface area contributed by atoms with Crippen LogP contribution in [-0.2, 0) is 14.3 Å². The molecule has 6 atom stereocenters. The van der Waals surface area contributed by atoms with E-state index in [1.165, 1.54) is 11.8 Å².